The van der Waals surface area contributed by atoms with Gasteiger partial charge in [-0.15, -0.1) is 11.3 Å². The molecule has 0 saturated carbocycles. The van der Waals surface area contributed by atoms with Crippen LogP contribution >= 0.6 is 23.6 Å². The number of rotatable bonds is 3. The average Bonchev–Trinajstić information content (AvgIpc) is 3.10. The minimum Gasteiger partial charge on any atom is -0.493 e. The molecule has 6 nitrogen and oxygen atoms in total. The van der Waals surface area contributed by atoms with Crippen molar-refractivity contribution < 1.29 is 24.2 Å². The Balaban J connectivity index is 2.01. The molecule has 1 aliphatic rings. The molecule has 1 aliphatic heterocycles. The molecule has 2 heterocycles. The Labute approximate surface area is 166 Å². The van der Waals surface area contributed by atoms with Crippen LogP contribution in [0.25, 0.3) is 11.3 Å². The SMILES string of the molecule is Cc1ccc(C(=O)O)cc1-n1c(O)c(C2=c3cc(F)ccc3=NC2=O)sc1=S. The average molecular weight is 414 g/mol. The number of amides is 1. The summed E-state index contributed by atoms with van der Waals surface area (Å²) in [6, 6.07) is 8.22. The first kappa shape index (κ1) is 18.2. The van der Waals surface area contributed by atoms with E-state index < -0.39 is 17.7 Å². The highest BCUT2D eigenvalue weighted by Gasteiger charge is 2.26. The lowest BCUT2D eigenvalue weighted by atomic mass is 10.1. The fourth-order valence-electron chi connectivity index (χ4n) is 3.03. The van der Waals surface area contributed by atoms with E-state index in [4.69, 9.17) is 12.2 Å². The van der Waals surface area contributed by atoms with E-state index in [1.165, 1.54) is 34.9 Å². The van der Waals surface area contributed by atoms with Crippen molar-refractivity contribution in [3.05, 3.63) is 72.7 Å². The molecule has 4 rings (SSSR count). The van der Waals surface area contributed by atoms with Gasteiger partial charge in [0.1, 0.15) is 10.7 Å². The summed E-state index contributed by atoms with van der Waals surface area (Å²) in [7, 11) is 0. The van der Waals surface area contributed by atoms with Gasteiger partial charge in [-0.2, -0.15) is 0 Å². The van der Waals surface area contributed by atoms with E-state index in [9.17, 15) is 24.2 Å². The summed E-state index contributed by atoms with van der Waals surface area (Å²) in [6.45, 7) is 1.74. The molecule has 0 atom stereocenters. The van der Waals surface area contributed by atoms with Gasteiger partial charge in [0.25, 0.3) is 5.91 Å². The van der Waals surface area contributed by atoms with Crippen LogP contribution in [0.2, 0.25) is 0 Å². The Morgan fingerprint density at radius 3 is 2.71 bits per heavy atom. The lowest BCUT2D eigenvalue weighted by Gasteiger charge is -2.10. The van der Waals surface area contributed by atoms with Crippen LogP contribution in [0.1, 0.15) is 20.8 Å². The molecule has 9 heteroatoms. The highest BCUT2D eigenvalue weighted by Crippen LogP contribution is 2.36. The number of fused-ring (bicyclic) bond motifs is 1. The predicted molar refractivity (Wildman–Crippen MR) is 103 cm³/mol. The lowest BCUT2D eigenvalue weighted by Crippen LogP contribution is -2.23. The fraction of sp³-hybridized carbons (Fsp3) is 0.0526. The first-order valence-electron chi connectivity index (χ1n) is 8.00. The summed E-state index contributed by atoms with van der Waals surface area (Å²) < 4.78 is 15.2. The van der Waals surface area contributed by atoms with E-state index in [-0.39, 0.29) is 31.1 Å². The third-order valence-electron chi connectivity index (χ3n) is 4.37. The molecule has 0 spiro atoms. The Hall–Kier alpha value is -3.17. The van der Waals surface area contributed by atoms with E-state index in [0.29, 0.717) is 16.6 Å². The molecule has 1 aromatic heterocycles. The van der Waals surface area contributed by atoms with Gasteiger partial charge in [0.05, 0.1) is 22.2 Å². The second-order valence-corrected chi connectivity index (χ2v) is 7.76. The molecule has 0 bridgehead atoms. The number of aryl methyl sites for hydroxylation is 1. The van der Waals surface area contributed by atoms with Crippen molar-refractivity contribution in [2.75, 3.05) is 0 Å². The van der Waals surface area contributed by atoms with Crippen molar-refractivity contribution in [1.82, 2.24) is 4.57 Å². The van der Waals surface area contributed by atoms with Crippen molar-refractivity contribution in [3.8, 4) is 11.6 Å². The fourth-order valence-corrected chi connectivity index (χ4v) is 4.40. The van der Waals surface area contributed by atoms with Gasteiger partial charge in [-0.25, -0.2) is 14.2 Å². The lowest BCUT2D eigenvalue weighted by molar-refractivity contribution is -0.112. The summed E-state index contributed by atoms with van der Waals surface area (Å²) in [5.41, 5.74) is 1.16. The van der Waals surface area contributed by atoms with Crippen molar-refractivity contribution in [2.24, 2.45) is 4.99 Å². The number of aromatic carboxylic acids is 1. The molecule has 1 amide bonds. The maximum atomic E-state index is 13.7. The number of carbonyl (C=O) groups is 2. The molecule has 3 aromatic rings. The number of hydrogen-bond donors (Lipinski definition) is 2. The molecule has 0 saturated heterocycles. The Morgan fingerprint density at radius 1 is 1.25 bits per heavy atom. The smallest absolute Gasteiger partial charge is 0.335 e. The monoisotopic (exact) mass is 414 g/mol. The summed E-state index contributed by atoms with van der Waals surface area (Å²) >= 11 is 6.32. The first-order valence-corrected chi connectivity index (χ1v) is 9.23. The highest BCUT2D eigenvalue weighted by atomic mass is 32.1. The Bertz CT molecular complexity index is 1370. The second kappa shape index (κ2) is 6.47. The number of thiazole rings is 1. The van der Waals surface area contributed by atoms with Gasteiger partial charge < -0.3 is 10.2 Å². The van der Waals surface area contributed by atoms with Gasteiger partial charge in [-0.05, 0) is 55.0 Å². The Kier molecular flexibility index (Phi) is 4.20. The van der Waals surface area contributed by atoms with Gasteiger partial charge >= 0.3 is 5.97 Å². The second-order valence-electron chi connectivity index (χ2n) is 6.12. The van der Waals surface area contributed by atoms with E-state index in [1.54, 1.807) is 13.0 Å². The topological polar surface area (TPSA) is 91.9 Å². The van der Waals surface area contributed by atoms with Crippen LogP contribution in [-0.2, 0) is 4.79 Å². The normalized spacial score (nSPS) is 12.8. The zero-order chi connectivity index (χ0) is 20.2. The third kappa shape index (κ3) is 2.76. The summed E-state index contributed by atoms with van der Waals surface area (Å²) in [5, 5.41) is 20.7. The van der Waals surface area contributed by atoms with Crippen molar-refractivity contribution >= 4 is 41.0 Å². The molecular weight excluding hydrogens is 403 g/mol. The number of aromatic hydroxyl groups is 1. The summed E-state index contributed by atoms with van der Waals surface area (Å²) in [4.78, 5) is 27.8. The van der Waals surface area contributed by atoms with Crippen molar-refractivity contribution in [3.63, 3.8) is 0 Å². The zero-order valence-electron chi connectivity index (χ0n) is 14.3. The number of hydrogen-bond acceptors (Lipinski definition) is 5. The first-order chi connectivity index (χ1) is 13.3. The van der Waals surface area contributed by atoms with Gasteiger partial charge in [0.15, 0.2) is 3.95 Å². The summed E-state index contributed by atoms with van der Waals surface area (Å²) in [6.07, 6.45) is 0. The number of nitrogens with zero attached hydrogens (tertiary/aromatic N) is 2. The van der Waals surface area contributed by atoms with Crippen LogP contribution < -0.4 is 10.6 Å². The molecule has 0 aliphatic carbocycles. The molecule has 28 heavy (non-hydrogen) atoms. The summed E-state index contributed by atoms with van der Waals surface area (Å²) in [5.74, 6) is -2.58. The molecule has 0 radical (unpaired) electrons. The quantitative estimate of drug-likeness (QED) is 0.643. The number of carboxylic acids is 1. The molecular formula is C19H11FN2O4S2. The van der Waals surface area contributed by atoms with E-state index in [1.807, 2.05) is 0 Å². The van der Waals surface area contributed by atoms with Gasteiger partial charge in [0.2, 0.25) is 5.88 Å². The van der Waals surface area contributed by atoms with E-state index >= 15 is 0 Å². The number of carbonyl (C=O) groups excluding carboxylic acids is 1. The zero-order valence-corrected chi connectivity index (χ0v) is 15.9. The standard InChI is InChI=1S/C19H11FN2O4S2/c1-8-2-3-9(18(25)26)6-13(8)22-17(24)15(28-19(22)27)14-11-7-10(20)4-5-12(11)21-16(14)23/h2-7,24H,1H3,(H,25,26). The molecule has 140 valence electrons. The van der Waals surface area contributed by atoms with E-state index in [0.717, 1.165) is 11.3 Å². The molecule has 0 unspecified atom stereocenters. The van der Waals surface area contributed by atoms with Crippen LogP contribution in [0.4, 0.5) is 4.39 Å². The van der Waals surface area contributed by atoms with Crippen LogP contribution in [0.3, 0.4) is 0 Å². The maximum absolute atomic E-state index is 13.7. The predicted octanol–water partition coefficient (Wildman–Crippen LogP) is 2.48. The molecule has 0 fully saturated rings. The van der Waals surface area contributed by atoms with Gasteiger partial charge in [-0.1, -0.05) is 6.07 Å². The number of carboxylic acid groups (broad SMARTS) is 1. The highest BCUT2D eigenvalue weighted by molar-refractivity contribution is 7.73. The molecule has 2 N–H and O–H groups in total. The van der Waals surface area contributed by atoms with Crippen molar-refractivity contribution in [1.29, 1.82) is 0 Å². The van der Waals surface area contributed by atoms with Crippen LogP contribution in [0.15, 0.2) is 41.4 Å². The van der Waals surface area contributed by atoms with Crippen LogP contribution in [-0.4, -0.2) is 26.7 Å². The minimum atomic E-state index is -1.12. The van der Waals surface area contributed by atoms with Gasteiger partial charge in [-0.3, -0.25) is 9.36 Å². The van der Waals surface area contributed by atoms with Gasteiger partial charge in [0, 0.05) is 5.22 Å². The number of benzene rings is 2. The number of halogens is 1. The maximum Gasteiger partial charge on any atom is 0.335 e. The Morgan fingerprint density at radius 2 is 2.00 bits per heavy atom. The van der Waals surface area contributed by atoms with Crippen LogP contribution in [0.5, 0.6) is 5.88 Å². The third-order valence-corrected chi connectivity index (χ3v) is 5.76. The number of aromatic nitrogens is 1. The van der Waals surface area contributed by atoms with E-state index in [2.05, 4.69) is 4.99 Å². The molecule has 2 aromatic carbocycles. The minimum absolute atomic E-state index is 0.0293. The van der Waals surface area contributed by atoms with Crippen LogP contribution in [0, 0.1) is 16.7 Å². The van der Waals surface area contributed by atoms with Crippen molar-refractivity contribution in [2.45, 2.75) is 6.92 Å². The largest absolute Gasteiger partial charge is 0.493 e.